The molecule has 0 spiro atoms. The summed E-state index contributed by atoms with van der Waals surface area (Å²) in [5.41, 5.74) is 7.79. The summed E-state index contributed by atoms with van der Waals surface area (Å²) in [5.74, 6) is 1.56. The first-order valence-corrected chi connectivity index (χ1v) is 7.50. The average Bonchev–Trinajstić information content (AvgIpc) is 2.30. The van der Waals surface area contributed by atoms with Gasteiger partial charge in [-0.2, -0.15) is 0 Å². The van der Waals surface area contributed by atoms with Crippen molar-refractivity contribution in [3.63, 3.8) is 0 Å². The molecule has 1 aliphatic carbocycles. The first-order chi connectivity index (χ1) is 8.56. The Morgan fingerprint density at radius 2 is 1.89 bits per heavy atom. The van der Waals surface area contributed by atoms with Gasteiger partial charge in [0.1, 0.15) is 0 Å². The summed E-state index contributed by atoms with van der Waals surface area (Å²) in [7, 11) is 0. The molecule has 0 amide bonds. The third kappa shape index (κ3) is 3.48. The fourth-order valence-corrected chi connectivity index (χ4v) is 3.31. The quantitative estimate of drug-likeness (QED) is 0.841. The molecule has 1 aliphatic rings. The minimum Gasteiger partial charge on any atom is -0.398 e. The molecule has 0 aromatic heterocycles. The van der Waals surface area contributed by atoms with Gasteiger partial charge in [0.05, 0.1) is 12.7 Å². The lowest BCUT2D eigenvalue weighted by Gasteiger charge is -2.31. The van der Waals surface area contributed by atoms with Gasteiger partial charge in [0.25, 0.3) is 0 Å². The Bertz CT molecular complexity index is 397. The van der Waals surface area contributed by atoms with Gasteiger partial charge in [-0.1, -0.05) is 26.0 Å². The van der Waals surface area contributed by atoms with Crippen molar-refractivity contribution in [2.45, 2.75) is 45.8 Å². The van der Waals surface area contributed by atoms with Crippen molar-refractivity contribution in [1.82, 2.24) is 0 Å². The Balaban J connectivity index is 1.93. The molecule has 0 saturated heterocycles. The molecule has 2 N–H and O–H groups in total. The number of anilines is 1. The van der Waals surface area contributed by atoms with Crippen molar-refractivity contribution in [2.24, 2.45) is 11.8 Å². The monoisotopic (exact) mass is 311 g/mol. The number of hydrogen-bond acceptors (Lipinski definition) is 2. The topological polar surface area (TPSA) is 35.2 Å². The molecule has 18 heavy (non-hydrogen) atoms. The van der Waals surface area contributed by atoms with E-state index in [1.165, 1.54) is 19.3 Å². The highest BCUT2D eigenvalue weighted by Gasteiger charge is 2.24. The van der Waals surface area contributed by atoms with Gasteiger partial charge in [-0.15, -0.1) is 0 Å². The predicted octanol–water partition coefficient (Wildman–Crippen LogP) is 4.37. The van der Waals surface area contributed by atoms with Gasteiger partial charge >= 0.3 is 0 Å². The summed E-state index contributed by atoms with van der Waals surface area (Å²) in [6, 6.07) is 5.94. The molecule has 2 unspecified atom stereocenters. The summed E-state index contributed by atoms with van der Waals surface area (Å²) in [5, 5.41) is 0. The zero-order chi connectivity index (χ0) is 13.1. The van der Waals surface area contributed by atoms with E-state index in [2.05, 4.69) is 35.8 Å². The summed E-state index contributed by atoms with van der Waals surface area (Å²) in [6.07, 6.45) is 4.10. The van der Waals surface area contributed by atoms with E-state index in [4.69, 9.17) is 10.5 Å². The second-order valence-electron chi connectivity index (χ2n) is 5.67. The van der Waals surface area contributed by atoms with E-state index < -0.39 is 0 Å². The highest BCUT2D eigenvalue weighted by Crippen LogP contribution is 2.31. The first-order valence-electron chi connectivity index (χ1n) is 6.70. The number of hydrogen-bond donors (Lipinski definition) is 1. The second-order valence-corrected chi connectivity index (χ2v) is 6.46. The maximum atomic E-state index is 6.06. The molecule has 2 rings (SSSR count). The maximum Gasteiger partial charge on any atom is 0.0732 e. The zero-order valence-electron chi connectivity index (χ0n) is 11.2. The Kier molecular flexibility index (Phi) is 4.68. The number of benzene rings is 1. The van der Waals surface area contributed by atoms with Crippen molar-refractivity contribution in [2.75, 3.05) is 5.73 Å². The zero-order valence-corrected chi connectivity index (χ0v) is 12.7. The molecule has 0 bridgehead atoms. The molecule has 3 heteroatoms. The van der Waals surface area contributed by atoms with Crippen LogP contribution in [0.4, 0.5) is 5.69 Å². The molecule has 2 nitrogen and oxygen atoms in total. The highest BCUT2D eigenvalue weighted by atomic mass is 79.9. The normalized spacial score (nSPS) is 28.3. The van der Waals surface area contributed by atoms with Crippen LogP contribution in [0.25, 0.3) is 0 Å². The van der Waals surface area contributed by atoms with Crippen molar-refractivity contribution in [3.8, 4) is 0 Å². The largest absolute Gasteiger partial charge is 0.398 e. The van der Waals surface area contributed by atoms with Crippen LogP contribution in [-0.4, -0.2) is 6.10 Å². The summed E-state index contributed by atoms with van der Waals surface area (Å²) in [6.45, 7) is 5.29. The van der Waals surface area contributed by atoms with E-state index in [0.29, 0.717) is 12.7 Å². The van der Waals surface area contributed by atoms with Crippen molar-refractivity contribution in [1.29, 1.82) is 0 Å². The minimum absolute atomic E-state index is 0.400. The second kappa shape index (κ2) is 6.07. The molecule has 2 atom stereocenters. The van der Waals surface area contributed by atoms with Crippen LogP contribution in [-0.2, 0) is 11.3 Å². The summed E-state index contributed by atoms with van der Waals surface area (Å²) < 4.78 is 7.03. The van der Waals surface area contributed by atoms with E-state index in [1.54, 1.807) is 0 Å². The Morgan fingerprint density at radius 1 is 1.22 bits per heavy atom. The van der Waals surface area contributed by atoms with E-state index in [9.17, 15) is 0 Å². The van der Waals surface area contributed by atoms with Crippen LogP contribution in [0.1, 0.15) is 38.7 Å². The van der Waals surface area contributed by atoms with Gasteiger partial charge < -0.3 is 10.5 Å². The molecular weight excluding hydrogens is 290 g/mol. The molecule has 0 aliphatic heterocycles. The highest BCUT2D eigenvalue weighted by molar-refractivity contribution is 9.10. The molecule has 0 heterocycles. The lowest BCUT2D eigenvalue weighted by atomic mass is 9.82. The number of ether oxygens (including phenoxy) is 1. The number of halogens is 1. The predicted molar refractivity (Wildman–Crippen MR) is 79.3 cm³/mol. The van der Waals surface area contributed by atoms with E-state index >= 15 is 0 Å². The van der Waals surface area contributed by atoms with Crippen LogP contribution >= 0.6 is 15.9 Å². The summed E-state index contributed by atoms with van der Waals surface area (Å²) in [4.78, 5) is 0. The number of nitrogens with two attached hydrogens (primary N) is 1. The van der Waals surface area contributed by atoms with Crippen LogP contribution in [0, 0.1) is 11.8 Å². The Labute approximate surface area is 118 Å². The number of rotatable bonds is 3. The van der Waals surface area contributed by atoms with Gasteiger partial charge in [0, 0.05) is 10.2 Å². The van der Waals surface area contributed by atoms with Crippen molar-refractivity contribution >= 4 is 21.6 Å². The fraction of sp³-hybridized carbons (Fsp3) is 0.600. The van der Waals surface area contributed by atoms with Gasteiger partial charge in [0.2, 0.25) is 0 Å². The average molecular weight is 312 g/mol. The smallest absolute Gasteiger partial charge is 0.0732 e. The molecule has 1 saturated carbocycles. The Hall–Kier alpha value is -0.540. The van der Waals surface area contributed by atoms with Gasteiger partial charge in [-0.3, -0.25) is 0 Å². The number of nitrogen functional groups attached to an aromatic ring is 1. The molecule has 1 fully saturated rings. The van der Waals surface area contributed by atoms with Gasteiger partial charge in [-0.25, -0.2) is 0 Å². The lowest BCUT2D eigenvalue weighted by molar-refractivity contribution is -0.00934. The van der Waals surface area contributed by atoms with Crippen LogP contribution in [0.5, 0.6) is 0 Å². The first kappa shape index (κ1) is 13.9. The molecule has 1 aromatic rings. The third-order valence-electron chi connectivity index (χ3n) is 3.72. The molecule has 100 valence electrons. The standard InChI is InChI=1S/C15H22BrNO/c1-10-6-11(2)8-13(7-10)18-9-12-4-3-5-14(17)15(12)16/h3-5,10-11,13H,6-9,17H2,1-2H3. The van der Waals surface area contributed by atoms with Crippen LogP contribution in [0.2, 0.25) is 0 Å². The minimum atomic E-state index is 0.400. The van der Waals surface area contributed by atoms with Crippen LogP contribution in [0.3, 0.4) is 0 Å². The molecule has 0 radical (unpaired) electrons. The van der Waals surface area contributed by atoms with Crippen LogP contribution < -0.4 is 5.73 Å². The van der Waals surface area contributed by atoms with E-state index in [0.717, 1.165) is 27.6 Å². The van der Waals surface area contributed by atoms with E-state index in [-0.39, 0.29) is 0 Å². The van der Waals surface area contributed by atoms with Gasteiger partial charge in [0.15, 0.2) is 0 Å². The SMILES string of the molecule is CC1CC(C)CC(OCc2cccc(N)c2Br)C1. The van der Waals surface area contributed by atoms with Crippen molar-refractivity contribution in [3.05, 3.63) is 28.2 Å². The molecule has 1 aromatic carbocycles. The lowest BCUT2D eigenvalue weighted by Crippen LogP contribution is -2.26. The summed E-state index contributed by atoms with van der Waals surface area (Å²) >= 11 is 3.52. The van der Waals surface area contributed by atoms with E-state index in [1.807, 2.05) is 12.1 Å². The molecular formula is C15H22BrNO. The maximum absolute atomic E-state index is 6.06. The van der Waals surface area contributed by atoms with Gasteiger partial charge in [-0.05, 0) is 58.7 Å². The van der Waals surface area contributed by atoms with Crippen molar-refractivity contribution < 1.29 is 4.74 Å². The third-order valence-corrected chi connectivity index (χ3v) is 4.69. The fourth-order valence-electron chi connectivity index (χ4n) is 2.93. The Morgan fingerprint density at radius 3 is 2.56 bits per heavy atom. The van der Waals surface area contributed by atoms with Crippen LogP contribution in [0.15, 0.2) is 22.7 Å².